The Morgan fingerprint density at radius 3 is 2.08 bits per heavy atom. The van der Waals surface area contributed by atoms with Gasteiger partial charge in [0.1, 0.15) is 0 Å². The van der Waals surface area contributed by atoms with Gasteiger partial charge in [-0.25, -0.2) is 4.79 Å². The van der Waals surface area contributed by atoms with Crippen molar-refractivity contribution in [3.63, 3.8) is 0 Å². The van der Waals surface area contributed by atoms with Crippen LogP contribution in [0.1, 0.15) is 15.9 Å². The first kappa shape index (κ1) is 19.3. The third-order valence-corrected chi connectivity index (χ3v) is 5.46. The number of hydrogen-bond donors (Lipinski definition) is 0. The molecule has 0 fully saturated rings. The van der Waals surface area contributed by atoms with Crippen molar-refractivity contribution < 1.29 is 27.9 Å². The van der Waals surface area contributed by atoms with Gasteiger partial charge in [-0.3, -0.25) is 4.57 Å². The van der Waals surface area contributed by atoms with Crippen molar-refractivity contribution in [1.29, 1.82) is 0 Å². The minimum absolute atomic E-state index is 0.119. The van der Waals surface area contributed by atoms with Crippen LogP contribution >= 0.6 is 7.60 Å². The Morgan fingerprint density at radius 2 is 1.52 bits per heavy atom. The quantitative estimate of drug-likeness (QED) is 0.497. The van der Waals surface area contributed by atoms with Crippen LogP contribution in [0.2, 0.25) is 0 Å². The number of esters is 1. The predicted molar refractivity (Wildman–Crippen MR) is 93.4 cm³/mol. The molecule has 2 aromatic carbocycles. The summed E-state index contributed by atoms with van der Waals surface area (Å²) in [6.07, 6.45) is 0. The second kappa shape index (κ2) is 9.49. The largest absolute Gasteiger partial charge is 0.443 e. The molecule has 0 heterocycles. The molecule has 0 aliphatic carbocycles. The van der Waals surface area contributed by atoms with E-state index in [1.165, 1.54) is 14.2 Å². The lowest BCUT2D eigenvalue weighted by Crippen LogP contribution is -2.25. The van der Waals surface area contributed by atoms with Crippen molar-refractivity contribution in [2.45, 2.75) is 12.5 Å². The Hall–Kier alpha value is -1.98. The number of rotatable bonds is 9. The normalized spacial score (nSPS) is 12.6. The lowest BCUT2D eigenvalue weighted by Gasteiger charge is -2.24. The molecule has 0 N–H and O–H groups in total. The van der Waals surface area contributed by atoms with Crippen LogP contribution in [0.3, 0.4) is 0 Å². The van der Waals surface area contributed by atoms with E-state index in [2.05, 4.69) is 0 Å². The van der Waals surface area contributed by atoms with E-state index < -0.39 is 19.4 Å². The molecule has 134 valence electrons. The monoisotopic (exact) mass is 364 g/mol. The topological polar surface area (TPSA) is 71.1 Å². The van der Waals surface area contributed by atoms with Crippen LogP contribution in [0, 0.1) is 0 Å². The molecule has 0 radical (unpaired) electrons. The maximum atomic E-state index is 12.7. The fraction of sp³-hybridized carbons (Fsp3) is 0.278. The highest BCUT2D eigenvalue weighted by molar-refractivity contribution is 7.54. The molecule has 0 spiro atoms. The van der Waals surface area contributed by atoms with Crippen molar-refractivity contribution in [3.8, 4) is 0 Å². The fourth-order valence-electron chi connectivity index (χ4n) is 2.12. The third-order valence-electron chi connectivity index (χ3n) is 3.49. The van der Waals surface area contributed by atoms with Gasteiger partial charge in [-0.05, 0) is 17.7 Å². The van der Waals surface area contributed by atoms with Crippen LogP contribution < -0.4 is 0 Å². The highest BCUT2D eigenvalue weighted by atomic mass is 31.2. The van der Waals surface area contributed by atoms with Crippen molar-refractivity contribution in [1.82, 2.24) is 0 Å². The zero-order chi connectivity index (χ0) is 18.1. The lowest BCUT2D eigenvalue weighted by atomic mass is 10.2. The van der Waals surface area contributed by atoms with Crippen molar-refractivity contribution in [2.24, 2.45) is 0 Å². The average Bonchev–Trinajstić information content (AvgIpc) is 2.68. The van der Waals surface area contributed by atoms with Crippen LogP contribution in [0.4, 0.5) is 0 Å². The molecule has 0 aliphatic heterocycles. The molecule has 6 nitrogen and oxygen atoms in total. The molecule has 0 amide bonds. The second-order valence-electron chi connectivity index (χ2n) is 5.13. The molecule has 0 aromatic heterocycles. The van der Waals surface area contributed by atoms with E-state index in [9.17, 15) is 9.36 Å². The summed E-state index contributed by atoms with van der Waals surface area (Å²) in [6.45, 7) is 0.167. The van der Waals surface area contributed by atoms with Crippen LogP contribution in [-0.4, -0.2) is 32.6 Å². The molecular weight excluding hydrogens is 343 g/mol. The molecule has 0 aliphatic rings. The molecule has 2 rings (SSSR count). The van der Waals surface area contributed by atoms with Gasteiger partial charge in [0.05, 0.1) is 18.8 Å². The van der Waals surface area contributed by atoms with Gasteiger partial charge in [0.25, 0.3) is 0 Å². The summed E-state index contributed by atoms with van der Waals surface area (Å²) in [6, 6.07) is 17.9. The molecule has 1 unspecified atom stereocenters. The molecule has 0 saturated carbocycles. The van der Waals surface area contributed by atoms with Gasteiger partial charge in [0.2, 0.25) is 5.85 Å². The molecular formula is C18H21O6P. The predicted octanol–water partition coefficient (Wildman–Crippen LogP) is 3.87. The van der Waals surface area contributed by atoms with E-state index in [0.29, 0.717) is 5.56 Å². The van der Waals surface area contributed by atoms with Gasteiger partial charge in [-0.2, -0.15) is 0 Å². The first-order valence-corrected chi connectivity index (χ1v) is 9.29. The minimum Gasteiger partial charge on any atom is -0.443 e. The summed E-state index contributed by atoms with van der Waals surface area (Å²) in [5, 5.41) is 0. The number of benzene rings is 2. The SMILES string of the molecule is COP(=O)(OC)C(COCc1ccccc1)OC(=O)c1ccccc1. The van der Waals surface area contributed by atoms with Crippen LogP contribution in [0.25, 0.3) is 0 Å². The van der Waals surface area contributed by atoms with Crippen molar-refractivity contribution in [2.75, 3.05) is 20.8 Å². The van der Waals surface area contributed by atoms with E-state index in [1.54, 1.807) is 30.3 Å². The molecule has 25 heavy (non-hydrogen) atoms. The summed E-state index contributed by atoms with van der Waals surface area (Å²) in [5.41, 5.74) is 1.29. The Balaban J connectivity index is 2.05. The summed E-state index contributed by atoms with van der Waals surface area (Å²) < 4.78 is 33.5. The van der Waals surface area contributed by atoms with E-state index >= 15 is 0 Å². The lowest BCUT2D eigenvalue weighted by molar-refractivity contribution is 0.00734. The average molecular weight is 364 g/mol. The van der Waals surface area contributed by atoms with Crippen molar-refractivity contribution >= 4 is 13.6 Å². The highest BCUT2D eigenvalue weighted by Crippen LogP contribution is 2.52. The maximum Gasteiger partial charge on any atom is 0.372 e. The maximum absolute atomic E-state index is 12.7. The van der Waals surface area contributed by atoms with Gasteiger partial charge < -0.3 is 18.5 Å². The van der Waals surface area contributed by atoms with E-state index in [-0.39, 0.29) is 13.2 Å². The Labute approximate surface area is 147 Å². The summed E-state index contributed by atoms with van der Waals surface area (Å²) in [7, 11) is -1.17. The molecule has 7 heteroatoms. The summed E-state index contributed by atoms with van der Waals surface area (Å²) in [4.78, 5) is 12.3. The highest BCUT2D eigenvalue weighted by Gasteiger charge is 2.38. The number of ether oxygens (including phenoxy) is 2. The molecule has 0 bridgehead atoms. The van der Waals surface area contributed by atoms with Gasteiger partial charge in [0.15, 0.2) is 0 Å². The van der Waals surface area contributed by atoms with Gasteiger partial charge in [-0.15, -0.1) is 0 Å². The fourth-order valence-corrected chi connectivity index (χ4v) is 3.25. The number of carbonyl (C=O) groups excluding carboxylic acids is 1. The summed E-state index contributed by atoms with van der Waals surface area (Å²) >= 11 is 0. The first-order chi connectivity index (χ1) is 12.1. The standard InChI is InChI=1S/C18H21O6P/c1-21-25(20,22-2)17(14-23-13-15-9-5-3-6-10-15)24-18(19)16-11-7-4-8-12-16/h3-12,17H,13-14H2,1-2H3. The zero-order valence-corrected chi connectivity index (χ0v) is 15.1. The zero-order valence-electron chi connectivity index (χ0n) is 14.2. The summed E-state index contributed by atoms with van der Waals surface area (Å²) in [5.74, 6) is -1.79. The van der Waals surface area contributed by atoms with Crippen LogP contribution in [0.5, 0.6) is 0 Å². The smallest absolute Gasteiger partial charge is 0.372 e. The first-order valence-electron chi connectivity index (χ1n) is 7.68. The molecule has 0 saturated heterocycles. The Bertz CT molecular complexity index is 696. The van der Waals surface area contributed by atoms with Gasteiger partial charge >= 0.3 is 13.6 Å². The van der Waals surface area contributed by atoms with Gasteiger partial charge in [0, 0.05) is 14.2 Å². The minimum atomic E-state index is -3.65. The molecule has 1 atom stereocenters. The Morgan fingerprint density at radius 1 is 0.960 bits per heavy atom. The Kier molecular flexibility index (Phi) is 7.34. The van der Waals surface area contributed by atoms with Gasteiger partial charge in [-0.1, -0.05) is 48.5 Å². The van der Waals surface area contributed by atoms with E-state index in [1.807, 2.05) is 30.3 Å². The van der Waals surface area contributed by atoms with E-state index in [0.717, 1.165) is 5.56 Å². The van der Waals surface area contributed by atoms with E-state index in [4.69, 9.17) is 18.5 Å². The van der Waals surface area contributed by atoms with Crippen molar-refractivity contribution in [3.05, 3.63) is 71.8 Å². The molecule has 2 aromatic rings. The van der Waals surface area contributed by atoms with Crippen LogP contribution in [0.15, 0.2) is 60.7 Å². The third kappa shape index (κ3) is 5.51. The number of carbonyl (C=O) groups is 1. The second-order valence-corrected chi connectivity index (χ2v) is 7.52. The number of hydrogen-bond acceptors (Lipinski definition) is 6. The van der Waals surface area contributed by atoms with Crippen LogP contribution in [-0.2, 0) is 29.7 Å².